The number of hydrogen-bond acceptors (Lipinski definition) is 6. The van der Waals surface area contributed by atoms with Gasteiger partial charge in [0.15, 0.2) is 5.13 Å². The van der Waals surface area contributed by atoms with Crippen LogP contribution in [0.2, 0.25) is 0 Å². The van der Waals surface area contributed by atoms with Gasteiger partial charge in [-0.2, -0.15) is 0 Å². The lowest BCUT2D eigenvalue weighted by Gasteiger charge is -2.04. The number of aromatic nitrogens is 2. The van der Waals surface area contributed by atoms with Crippen molar-refractivity contribution in [1.82, 2.24) is 14.9 Å². The Kier molecular flexibility index (Phi) is 4.90. The SMILES string of the molecule is CC(C)CNc1nc(-c2cnc(CN(C)C)s2)cs1. The second kappa shape index (κ2) is 6.45. The molecule has 0 spiro atoms. The third-order valence-electron chi connectivity index (χ3n) is 2.42. The van der Waals surface area contributed by atoms with E-state index in [-0.39, 0.29) is 0 Å². The molecule has 0 aromatic carbocycles. The van der Waals surface area contributed by atoms with Gasteiger partial charge in [-0.15, -0.1) is 22.7 Å². The fourth-order valence-electron chi connectivity index (χ4n) is 1.53. The van der Waals surface area contributed by atoms with Crippen LogP contribution in [0.3, 0.4) is 0 Å². The highest BCUT2D eigenvalue weighted by molar-refractivity contribution is 7.16. The van der Waals surface area contributed by atoms with Crippen molar-refractivity contribution in [2.75, 3.05) is 26.0 Å². The van der Waals surface area contributed by atoms with E-state index in [0.29, 0.717) is 5.92 Å². The molecule has 4 nitrogen and oxygen atoms in total. The van der Waals surface area contributed by atoms with Crippen molar-refractivity contribution >= 4 is 27.8 Å². The van der Waals surface area contributed by atoms with Crippen molar-refractivity contribution in [3.8, 4) is 10.6 Å². The monoisotopic (exact) mass is 296 g/mol. The van der Waals surface area contributed by atoms with Gasteiger partial charge < -0.3 is 10.2 Å². The van der Waals surface area contributed by atoms with Crippen molar-refractivity contribution in [1.29, 1.82) is 0 Å². The minimum Gasteiger partial charge on any atom is -0.361 e. The van der Waals surface area contributed by atoms with E-state index in [1.165, 1.54) is 0 Å². The van der Waals surface area contributed by atoms with E-state index in [4.69, 9.17) is 0 Å². The smallest absolute Gasteiger partial charge is 0.183 e. The average molecular weight is 296 g/mol. The summed E-state index contributed by atoms with van der Waals surface area (Å²) in [4.78, 5) is 12.3. The number of rotatable bonds is 6. The molecule has 0 radical (unpaired) electrons. The third kappa shape index (κ3) is 4.26. The van der Waals surface area contributed by atoms with E-state index in [9.17, 15) is 0 Å². The number of nitrogens with zero attached hydrogens (tertiary/aromatic N) is 3. The standard InChI is InChI=1S/C13H20N4S2/c1-9(2)5-15-13-16-10(8-18-13)11-6-14-12(19-11)7-17(3)4/h6,8-9H,5,7H2,1-4H3,(H,15,16). The van der Waals surface area contributed by atoms with Crippen LogP contribution in [-0.4, -0.2) is 35.5 Å². The Bertz CT molecular complexity index is 516. The highest BCUT2D eigenvalue weighted by Crippen LogP contribution is 2.29. The Morgan fingerprint density at radius 3 is 2.84 bits per heavy atom. The van der Waals surface area contributed by atoms with Crippen molar-refractivity contribution in [2.45, 2.75) is 20.4 Å². The summed E-state index contributed by atoms with van der Waals surface area (Å²) in [5.74, 6) is 0.627. The predicted octanol–water partition coefficient (Wildman–Crippen LogP) is 3.40. The number of thiazole rings is 2. The van der Waals surface area contributed by atoms with Crippen LogP contribution < -0.4 is 5.32 Å². The van der Waals surface area contributed by atoms with Gasteiger partial charge >= 0.3 is 0 Å². The van der Waals surface area contributed by atoms with Crippen molar-refractivity contribution in [2.24, 2.45) is 5.92 Å². The van der Waals surface area contributed by atoms with E-state index in [1.807, 2.05) is 6.20 Å². The maximum absolute atomic E-state index is 4.61. The molecule has 0 fully saturated rings. The van der Waals surface area contributed by atoms with Gasteiger partial charge in [-0.3, -0.25) is 0 Å². The zero-order valence-electron chi connectivity index (χ0n) is 11.8. The van der Waals surface area contributed by atoms with E-state index < -0.39 is 0 Å². The molecular weight excluding hydrogens is 276 g/mol. The maximum Gasteiger partial charge on any atom is 0.183 e. The third-order valence-corrected chi connectivity index (χ3v) is 4.23. The van der Waals surface area contributed by atoms with Crippen LogP contribution in [0.1, 0.15) is 18.9 Å². The predicted molar refractivity (Wildman–Crippen MR) is 83.9 cm³/mol. The molecule has 0 saturated carbocycles. The summed E-state index contributed by atoms with van der Waals surface area (Å²) < 4.78 is 0. The maximum atomic E-state index is 4.61. The first kappa shape index (κ1) is 14.4. The van der Waals surface area contributed by atoms with Crippen LogP contribution in [0.25, 0.3) is 10.6 Å². The molecule has 0 aliphatic carbocycles. The van der Waals surface area contributed by atoms with Gasteiger partial charge in [-0.1, -0.05) is 13.8 Å². The quantitative estimate of drug-likeness (QED) is 0.887. The molecule has 2 heterocycles. The Labute approximate surface area is 122 Å². The van der Waals surface area contributed by atoms with Crippen LogP contribution >= 0.6 is 22.7 Å². The molecule has 6 heteroatoms. The van der Waals surface area contributed by atoms with Crippen LogP contribution in [0, 0.1) is 5.92 Å². The van der Waals surface area contributed by atoms with Crippen LogP contribution in [-0.2, 0) is 6.54 Å². The Morgan fingerprint density at radius 1 is 1.37 bits per heavy atom. The molecule has 0 saturated heterocycles. The first-order valence-electron chi connectivity index (χ1n) is 6.34. The molecule has 104 valence electrons. The van der Waals surface area contributed by atoms with Crippen molar-refractivity contribution in [3.05, 3.63) is 16.6 Å². The van der Waals surface area contributed by atoms with E-state index in [2.05, 4.69) is 53.5 Å². The van der Waals surface area contributed by atoms with Crippen molar-refractivity contribution < 1.29 is 0 Å². The molecule has 0 aliphatic rings. The Morgan fingerprint density at radius 2 is 2.16 bits per heavy atom. The molecular formula is C13H20N4S2. The first-order chi connectivity index (χ1) is 9.04. The van der Waals surface area contributed by atoms with E-state index in [0.717, 1.165) is 33.8 Å². The number of nitrogens with one attached hydrogen (secondary N) is 1. The summed E-state index contributed by atoms with van der Waals surface area (Å²) >= 11 is 3.37. The zero-order valence-corrected chi connectivity index (χ0v) is 13.4. The fraction of sp³-hybridized carbons (Fsp3) is 0.538. The van der Waals surface area contributed by atoms with E-state index >= 15 is 0 Å². The normalized spacial score (nSPS) is 11.5. The summed E-state index contributed by atoms with van der Waals surface area (Å²) in [5, 5.41) is 7.57. The highest BCUT2D eigenvalue weighted by atomic mass is 32.1. The number of hydrogen-bond donors (Lipinski definition) is 1. The average Bonchev–Trinajstić information content (AvgIpc) is 2.93. The highest BCUT2D eigenvalue weighted by Gasteiger charge is 2.09. The van der Waals surface area contributed by atoms with Gasteiger partial charge in [-0.25, -0.2) is 9.97 Å². The van der Waals surface area contributed by atoms with Gasteiger partial charge in [0.25, 0.3) is 0 Å². The molecule has 2 rings (SSSR count). The molecule has 0 amide bonds. The van der Waals surface area contributed by atoms with Crippen LogP contribution in [0.4, 0.5) is 5.13 Å². The van der Waals surface area contributed by atoms with Gasteiger partial charge in [0.1, 0.15) is 5.01 Å². The lowest BCUT2D eigenvalue weighted by Crippen LogP contribution is -2.09. The number of anilines is 1. The van der Waals surface area contributed by atoms with E-state index in [1.54, 1.807) is 22.7 Å². The largest absolute Gasteiger partial charge is 0.361 e. The molecule has 0 bridgehead atoms. The summed E-state index contributed by atoms with van der Waals surface area (Å²) in [6.45, 7) is 6.23. The molecule has 0 atom stereocenters. The molecule has 1 N–H and O–H groups in total. The first-order valence-corrected chi connectivity index (χ1v) is 8.03. The Balaban J connectivity index is 2.03. The summed E-state index contributed by atoms with van der Waals surface area (Å²) in [5.41, 5.74) is 1.03. The summed E-state index contributed by atoms with van der Waals surface area (Å²) in [6.07, 6.45) is 1.92. The molecule has 2 aromatic heterocycles. The molecule has 19 heavy (non-hydrogen) atoms. The fourth-order valence-corrected chi connectivity index (χ4v) is 3.32. The summed E-state index contributed by atoms with van der Waals surface area (Å²) in [6, 6.07) is 0. The van der Waals surface area contributed by atoms with Gasteiger partial charge in [0, 0.05) is 24.7 Å². The minimum absolute atomic E-state index is 0.627. The van der Waals surface area contributed by atoms with Crippen LogP contribution in [0.15, 0.2) is 11.6 Å². The second-order valence-electron chi connectivity index (χ2n) is 5.17. The second-order valence-corrected chi connectivity index (χ2v) is 7.14. The molecule has 2 aromatic rings. The lowest BCUT2D eigenvalue weighted by molar-refractivity contribution is 0.401. The zero-order chi connectivity index (χ0) is 13.8. The van der Waals surface area contributed by atoms with Gasteiger partial charge in [-0.05, 0) is 20.0 Å². The van der Waals surface area contributed by atoms with Crippen LogP contribution in [0.5, 0.6) is 0 Å². The summed E-state index contributed by atoms with van der Waals surface area (Å²) in [7, 11) is 4.11. The minimum atomic E-state index is 0.627. The van der Waals surface area contributed by atoms with Gasteiger partial charge in [0.05, 0.1) is 10.6 Å². The topological polar surface area (TPSA) is 41.1 Å². The molecule has 0 unspecified atom stereocenters. The van der Waals surface area contributed by atoms with Gasteiger partial charge in [0.2, 0.25) is 0 Å². The Hall–Kier alpha value is -0.980. The molecule has 0 aliphatic heterocycles. The lowest BCUT2D eigenvalue weighted by atomic mass is 10.2. The van der Waals surface area contributed by atoms with Crippen molar-refractivity contribution in [3.63, 3.8) is 0 Å².